The molecule has 2 aromatic heterocycles. The van der Waals surface area contributed by atoms with Crippen LogP contribution < -0.4 is 10.1 Å². The Morgan fingerprint density at radius 1 is 1.30 bits per heavy atom. The Bertz CT molecular complexity index is 600. The third kappa shape index (κ3) is 3.77. The van der Waals surface area contributed by atoms with E-state index in [-0.39, 0.29) is 12.0 Å². The van der Waals surface area contributed by atoms with Crippen LogP contribution in [-0.2, 0) is 0 Å². The molecule has 20 heavy (non-hydrogen) atoms. The molecule has 2 heterocycles. The zero-order valence-electron chi connectivity index (χ0n) is 11.1. The third-order valence-electron chi connectivity index (χ3n) is 2.36. The zero-order valence-corrected chi connectivity index (χ0v) is 12.7. The smallest absolute Gasteiger partial charge is 0.257 e. The number of pyridine rings is 2. The highest BCUT2D eigenvalue weighted by Gasteiger charge is 2.12. The summed E-state index contributed by atoms with van der Waals surface area (Å²) in [6.45, 7) is 3.80. The summed E-state index contributed by atoms with van der Waals surface area (Å²) < 4.78 is 6.23. The topological polar surface area (TPSA) is 64.1 Å². The van der Waals surface area contributed by atoms with E-state index in [9.17, 15) is 4.79 Å². The van der Waals surface area contributed by atoms with Crippen LogP contribution in [0.2, 0.25) is 0 Å². The minimum atomic E-state index is -0.258. The van der Waals surface area contributed by atoms with Crippen molar-refractivity contribution in [1.29, 1.82) is 0 Å². The summed E-state index contributed by atoms with van der Waals surface area (Å²) in [5, 5.41) is 2.77. The molecule has 5 nitrogen and oxygen atoms in total. The van der Waals surface area contributed by atoms with Crippen LogP contribution in [0.3, 0.4) is 0 Å². The number of amides is 1. The first-order valence-electron chi connectivity index (χ1n) is 6.11. The zero-order chi connectivity index (χ0) is 14.5. The Hall–Kier alpha value is -1.95. The summed E-state index contributed by atoms with van der Waals surface area (Å²) in [6, 6.07) is 6.88. The van der Waals surface area contributed by atoms with Crippen LogP contribution in [0.1, 0.15) is 24.2 Å². The molecule has 0 saturated carbocycles. The van der Waals surface area contributed by atoms with Crippen LogP contribution in [0.15, 0.2) is 41.3 Å². The van der Waals surface area contributed by atoms with Gasteiger partial charge in [0.25, 0.3) is 5.91 Å². The van der Waals surface area contributed by atoms with Gasteiger partial charge in [-0.1, -0.05) is 0 Å². The summed E-state index contributed by atoms with van der Waals surface area (Å²) in [6.07, 6.45) is 3.10. The number of hydrogen-bond acceptors (Lipinski definition) is 4. The van der Waals surface area contributed by atoms with Crippen molar-refractivity contribution in [3.63, 3.8) is 0 Å². The number of ether oxygens (including phenoxy) is 1. The van der Waals surface area contributed by atoms with Crippen molar-refractivity contribution in [1.82, 2.24) is 9.97 Å². The van der Waals surface area contributed by atoms with Gasteiger partial charge in [-0.2, -0.15) is 0 Å². The van der Waals surface area contributed by atoms with Gasteiger partial charge < -0.3 is 10.1 Å². The number of anilines is 1. The number of carbonyl (C=O) groups excluding carboxylic acids is 1. The second-order valence-electron chi connectivity index (χ2n) is 4.35. The van der Waals surface area contributed by atoms with Gasteiger partial charge in [-0.05, 0) is 54.0 Å². The van der Waals surface area contributed by atoms with Crippen LogP contribution in [0.4, 0.5) is 5.69 Å². The maximum absolute atomic E-state index is 12.1. The van der Waals surface area contributed by atoms with Gasteiger partial charge in [-0.3, -0.25) is 4.79 Å². The summed E-state index contributed by atoms with van der Waals surface area (Å²) >= 11 is 3.23. The standard InChI is InChI=1S/C14H14BrN3O2/c1-9(2)20-14-11(4-3-7-16-14)18-13(19)10-5-6-12(15)17-8-10/h3-9H,1-2H3,(H,18,19). The fourth-order valence-electron chi connectivity index (χ4n) is 1.51. The predicted octanol–water partition coefficient (Wildman–Crippen LogP) is 3.28. The van der Waals surface area contributed by atoms with Crippen molar-refractivity contribution in [2.75, 3.05) is 5.32 Å². The second kappa shape index (κ2) is 6.47. The minimum Gasteiger partial charge on any atom is -0.473 e. The Balaban J connectivity index is 2.17. The van der Waals surface area contributed by atoms with Gasteiger partial charge in [0.05, 0.1) is 11.7 Å². The highest BCUT2D eigenvalue weighted by atomic mass is 79.9. The van der Waals surface area contributed by atoms with Gasteiger partial charge in [-0.25, -0.2) is 9.97 Å². The lowest BCUT2D eigenvalue weighted by Crippen LogP contribution is -2.15. The lowest BCUT2D eigenvalue weighted by atomic mass is 10.2. The number of nitrogens with one attached hydrogen (secondary N) is 1. The second-order valence-corrected chi connectivity index (χ2v) is 5.16. The molecule has 1 N–H and O–H groups in total. The average molecular weight is 336 g/mol. The molecule has 6 heteroatoms. The number of rotatable bonds is 4. The first-order valence-corrected chi connectivity index (χ1v) is 6.90. The van der Waals surface area contributed by atoms with Crippen molar-refractivity contribution < 1.29 is 9.53 Å². The van der Waals surface area contributed by atoms with Crippen LogP contribution in [0.25, 0.3) is 0 Å². The van der Waals surface area contributed by atoms with E-state index in [1.807, 2.05) is 13.8 Å². The number of halogens is 1. The van der Waals surface area contributed by atoms with E-state index < -0.39 is 0 Å². The molecule has 0 unspecified atom stereocenters. The van der Waals surface area contributed by atoms with Gasteiger partial charge in [0.1, 0.15) is 10.3 Å². The van der Waals surface area contributed by atoms with Crippen LogP contribution in [0.5, 0.6) is 5.88 Å². The van der Waals surface area contributed by atoms with Crippen molar-refractivity contribution >= 4 is 27.5 Å². The molecule has 0 radical (unpaired) electrons. The average Bonchev–Trinajstić information content (AvgIpc) is 2.41. The Labute approximate surface area is 125 Å². The monoisotopic (exact) mass is 335 g/mol. The SMILES string of the molecule is CC(C)Oc1ncccc1NC(=O)c1ccc(Br)nc1. The van der Waals surface area contributed by atoms with E-state index in [0.29, 0.717) is 21.7 Å². The van der Waals surface area contributed by atoms with E-state index in [2.05, 4.69) is 31.2 Å². The highest BCUT2D eigenvalue weighted by molar-refractivity contribution is 9.10. The summed E-state index contributed by atoms with van der Waals surface area (Å²) in [5.41, 5.74) is 1.00. The Kier molecular flexibility index (Phi) is 4.68. The van der Waals surface area contributed by atoms with E-state index in [1.165, 1.54) is 6.20 Å². The molecule has 0 aromatic carbocycles. The van der Waals surface area contributed by atoms with Crippen molar-refractivity contribution in [3.8, 4) is 5.88 Å². The molecule has 0 saturated heterocycles. The third-order valence-corrected chi connectivity index (χ3v) is 2.83. The molecule has 0 spiro atoms. The fraction of sp³-hybridized carbons (Fsp3) is 0.214. The van der Waals surface area contributed by atoms with E-state index in [1.54, 1.807) is 30.5 Å². The van der Waals surface area contributed by atoms with Gasteiger partial charge in [-0.15, -0.1) is 0 Å². The molecule has 0 atom stereocenters. The number of carbonyl (C=O) groups is 1. The van der Waals surface area contributed by atoms with E-state index in [0.717, 1.165) is 0 Å². The Morgan fingerprint density at radius 3 is 2.75 bits per heavy atom. The molecule has 0 aliphatic carbocycles. The molecule has 2 aromatic rings. The first-order chi connectivity index (χ1) is 9.56. The summed E-state index contributed by atoms with van der Waals surface area (Å²) in [4.78, 5) is 20.3. The van der Waals surface area contributed by atoms with Crippen molar-refractivity contribution in [3.05, 3.63) is 46.8 Å². The molecule has 104 valence electrons. The molecule has 0 bridgehead atoms. The predicted molar refractivity (Wildman–Crippen MR) is 79.9 cm³/mol. The maximum Gasteiger partial charge on any atom is 0.257 e. The van der Waals surface area contributed by atoms with Crippen LogP contribution >= 0.6 is 15.9 Å². The number of nitrogens with zero attached hydrogens (tertiary/aromatic N) is 2. The molecule has 1 amide bonds. The Morgan fingerprint density at radius 2 is 2.10 bits per heavy atom. The summed E-state index contributed by atoms with van der Waals surface area (Å²) in [7, 11) is 0. The largest absolute Gasteiger partial charge is 0.473 e. The molecular weight excluding hydrogens is 322 g/mol. The minimum absolute atomic E-state index is 0.0186. The lowest BCUT2D eigenvalue weighted by molar-refractivity contribution is 0.102. The highest BCUT2D eigenvalue weighted by Crippen LogP contribution is 2.22. The molecule has 0 fully saturated rings. The summed E-state index contributed by atoms with van der Waals surface area (Å²) in [5.74, 6) is 0.146. The molecular formula is C14H14BrN3O2. The van der Waals surface area contributed by atoms with Crippen LogP contribution in [-0.4, -0.2) is 22.0 Å². The molecule has 0 aliphatic rings. The van der Waals surface area contributed by atoms with Crippen molar-refractivity contribution in [2.24, 2.45) is 0 Å². The quantitative estimate of drug-likeness (QED) is 0.871. The van der Waals surface area contributed by atoms with E-state index >= 15 is 0 Å². The van der Waals surface area contributed by atoms with Gasteiger partial charge >= 0.3 is 0 Å². The molecule has 2 rings (SSSR count). The lowest BCUT2D eigenvalue weighted by Gasteiger charge is -2.13. The van der Waals surface area contributed by atoms with E-state index in [4.69, 9.17) is 4.74 Å². The number of aromatic nitrogens is 2. The maximum atomic E-state index is 12.1. The fourth-order valence-corrected chi connectivity index (χ4v) is 1.74. The van der Waals surface area contributed by atoms with Gasteiger partial charge in [0.15, 0.2) is 0 Å². The van der Waals surface area contributed by atoms with Gasteiger partial charge in [0.2, 0.25) is 5.88 Å². The first kappa shape index (κ1) is 14.5. The van der Waals surface area contributed by atoms with Gasteiger partial charge in [0, 0.05) is 12.4 Å². The van der Waals surface area contributed by atoms with Crippen LogP contribution in [0, 0.1) is 0 Å². The number of hydrogen-bond donors (Lipinski definition) is 1. The molecule has 0 aliphatic heterocycles. The normalized spacial score (nSPS) is 10.4. The van der Waals surface area contributed by atoms with Crippen molar-refractivity contribution in [2.45, 2.75) is 20.0 Å².